The third-order valence-electron chi connectivity index (χ3n) is 6.41. The largest absolute Gasteiger partial charge is 0.354 e. The first-order valence-electron chi connectivity index (χ1n) is 9.95. The Morgan fingerprint density at radius 1 is 1.20 bits per heavy atom. The summed E-state index contributed by atoms with van der Waals surface area (Å²) in [7, 11) is 2.21. The number of likely N-dealkylation sites (tertiary alicyclic amines) is 1. The van der Waals surface area contributed by atoms with Gasteiger partial charge in [-0.25, -0.2) is 9.97 Å². The van der Waals surface area contributed by atoms with Crippen molar-refractivity contribution in [1.29, 1.82) is 0 Å². The Kier molecular flexibility index (Phi) is 4.93. The zero-order valence-corrected chi connectivity index (χ0v) is 15.6. The number of nitrogens with one attached hydrogen (secondary N) is 1. The number of rotatable bonds is 4. The molecule has 2 aromatic rings. The number of hydrogen-bond donors (Lipinski definition) is 1. The van der Waals surface area contributed by atoms with E-state index in [9.17, 15) is 0 Å². The van der Waals surface area contributed by atoms with Crippen LogP contribution in [0.15, 0.2) is 18.6 Å². The summed E-state index contributed by atoms with van der Waals surface area (Å²) in [5, 5.41) is 1.13. The normalized spacial score (nSPS) is 26.2. The van der Waals surface area contributed by atoms with Gasteiger partial charge in [0.2, 0.25) is 0 Å². The molecule has 2 aromatic heterocycles. The van der Waals surface area contributed by atoms with Crippen molar-refractivity contribution < 1.29 is 0 Å². The molecule has 0 amide bonds. The third kappa shape index (κ3) is 3.52. The van der Waals surface area contributed by atoms with Crippen LogP contribution >= 0.6 is 0 Å². The van der Waals surface area contributed by atoms with Gasteiger partial charge in [-0.3, -0.25) is 0 Å². The van der Waals surface area contributed by atoms with Crippen LogP contribution in [0.4, 0.5) is 5.82 Å². The van der Waals surface area contributed by atoms with E-state index in [1.165, 1.54) is 51.6 Å². The monoisotopic (exact) mass is 341 g/mol. The van der Waals surface area contributed by atoms with Crippen molar-refractivity contribution in [2.24, 2.45) is 11.8 Å². The van der Waals surface area contributed by atoms with Gasteiger partial charge in [-0.1, -0.05) is 26.2 Å². The first-order chi connectivity index (χ1) is 12.2. The summed E-state index contributed by atoms with van der Waals surface area (Å²) >= 11 is 0. The van der Waals surface area contributed by atoms with Crippen LogP contribution in [0.2, 0.25) is 0 Å². The minimum Gasteiger partial charge on any atom is -0.354 e. The van der Waals surface area contributed by atoms with Crippen molar-refractivity contribution in [2.45, 2.75) is 51.5 Å². The van der Waals surface area contributed by atoms with E-state index in [4.69, 9.17) is 0 Å². The van der Waals surface area contributed by atoms with Gasteiger partial charge in [0, 0.05) is 32.4 Å². The highest BCUT2D eigenvalue weighted by molar-refractivity contribution is 5.87. The molecule has 136 valence electrons. The second-order valence-electron chi connectivity index (χ2n) is 8.15. The Balaban J connectivity index is 1.48. The van der Waals surface area contributed by atoms with Gasteiger partial charge in [0.25, 0.3) is 0 Å². The molecule has 0 bridgehead atoms. The first kappa shape index (κ1) is 16.8. The molecule has 1 saturated carbocycles. The molecule has 4 rings (SSSR count). The van der Waals surface area contributed by atoms with Crippen molar-refractivity contribution in [3.8, 4) is 0 Å². The molecule has 1 aliphatic heterocycles. The summed E-state index contributed by atoms with van der Waals surface area (Å²) in [6.07, 6.45) is 12.1. The predicted octanol–water partition coefficient (Wildman–Crippen LogP) is 3.68. The summed E-state index contributed by atoms with van der Waals surface area (Å²) in [6, 6.07) is 2.61. The van der Waals surface area contributed by atoms with Crippen LogP contribution in [0.1, 0.15) is 45.4 Å². The van der Waals surface area contributed by atoms with Gasteiger partial charge in [-0.2, -0.15) is 0 Å². The van der Waals surface area contributed by atoms with Gasteiger partial charge in [0.15, 0.2) is 0 Å². The molecule has 0 radical (unpaired) electrons. The van der Waals surface area contributed by atoms with E-state index in [-0.39, 0.29) is 0 Å². The molecule has 2 unspecified atom stereocenters. The van der Waals surface area contributed by atoms with Crippen LogP contribution in [0, 0.1) is 11.8 Å². The third-order valence-corrected chi connectivity index (χ3v) is 6.41. The molecule has 25 heavy (non-hydrogen) atoms. The fraction of sp³-hybridized carbons (Fsp3) is 0.700. The van der Waals surface area contributed by atoms with Crippen molar-refractivity contribution >= 4 is 16.9 Å². The number of hydrogen-bond acceptors (Lipinski definition) is 4. The molecule has 2 atom stereocenters. The first-order valence-corrected chi connectivity index (χ1v) is 9.95. The van der Waals surface area contributed by atoms with Crippen LogP contribution in [0.3, 0.4) is 0 Å². The lowest BCUT2D eigenvalue weighted by atomic mass is 9.87. The summed E-state index contributed by atoms with van der Waals surface area (Å²) in [5.74, 6) is 2.67. The molecule has 1 saturated heterocycles. The zero-order chi connectivity index (χ0) is 17.2. The topological polar surface area (TPSA) is 48.1 Å². The van der Waals surface area contributed by atoms with E-state index < -0.39 is 0 Å². The van der Waals surface area contributed by atoms with Crippen molar-refractivity contribution in [2.75, 3.05) is 31.6 Å². The second-order valence-corrected chi connectivity index (χ2v) is 8.15. The second kappa shape index (κ2) is 7.32. The van der Waals surface area contributed by atoms with Crippen molar-refractivity contribution in [3.05, 3.63) is 18.6 Å². The number of nitrogens with zero attached hydrogens (tertiary/aromatic N) is 4. The molecule has 2 aliphatic rings. The molecule has 5 nitrogen and oxygen atoms in total. The number of H-pyrrole nitrogens is 1. The van der Waals surface area contributed by atoms with Crippen LogP contribution in [-0.4, -0.2) is 52.6 Å². The highest BCUT2D eigenvalue weighted by Crippen LogP contribution is 2.30. The minimum atomic E-state index is 0.519. The molecule has 3 heterocycles. The smallest absolute Gasteiger partial charge is 0.142 e. The molecule has 0 aromatic carbocycles. The summed E-state index contributed by atoms with van der Waals surface area (Å²) in [5.41, 5.74) is 0.930. The van der Waals surface area contributed by atoms with Gasteiger partial charge in [0.05, 0.1) is 5.39 Å². The molecule has 2 fully saturated rings. The average Bonchev–Trinajstić information content (AvgIpc) is 3.12. The zero-order valence-electron chi connectivity index (χ0n) is 15.6. The standard InChI is InChI=1S/C20H31N5/c1-15-9-11-25(12-16-6-4-3-5-7-16)13-18(15)24(2)20-17-8-10-21-19(17)22-14-23-20/h8,10,14-16,18H,3-7,9,11-13H2,1-2H3,(H,21,22,23). The summed E-state index contributed by atoms with van der Waals surface area (Å²) in [6.45, 7) is 6.10. The van der Waals surface area contributed by atoms with Crippen molar-refractivity contribution in [1.82, 2.24) is 19.9 Å². The number of piperidine rings is 1. The maximum absolute atomic E-state index is 4.61. The van der Waals surface area contributed by atoms with E-state index in [1.807, 2.05) is 6.20 Å². The number of aromatic amines is 1. The summed E-state index contributed by atoms with van der Waals surface area (Å²) < 4.78 is 0. The Morgan fingerprint density at radius 3 is 2.88 bits per heavy atom. The number of anilines is 1. The molecular formula is C20H31N5. The maximum atomic E-state index is 4.61. The quantitative estimate of drug-likeness (QED) is 0.921. The van der Waals surface area contributed by atoms with Gasteiger partial charge in [-0.15, -0.1) is 0 Å². The fourth-order valence-corrected chi connectivity index (χ4v) is 4.82. The Hall–Kier alpha value is -1.62. The molecule has 1 N–H and O–H groups in total. The number of aromatic nitrogens is 3. The van der Waals surface area contributed by atoms with Gasteiger partial charge < -0.3 is 14.8 Å². The van der Waals surface area contributed by atoms with E-state index in [2.05, 4.69) is 44.8 Å². The van der Waals surface area contributed by atoms with E-state index in [0.717, 1.165) is 29.3 Å². The fourth-order valence-electron chi connectivity index (χ4n) is 4.82. The lowest BCUT2D eigenvalue weighted by Crippen LogP contribution is -2.52. The SMILES string of the molecule is CC1CCN(CC2CCCCC2)CC1N(C)c1ncnc2[nH]ccc12. The lowest BCUT2D eigenvalue weighted by molar-refractivity contribution is 0.132. The molecule has 1 aliphatic carbocycles. The Bertz CT molecular complexity index is 690. The van der Waals surface area contributed by atoms with E-state index >= 15 is 0 Å². The predicted molar refractivity (Wildman–Crippen MR) is 103 cm³/mol. The average molecular weight is 342 g/mol. The van der Waals surface area contributed by atoms with Crippen LogP contribution in [0.5, 0.6) is 0 Å². The van der Waals surface area contributed by atoms with E-state index in [1.54, 1.807) is 6.33 Å². The maximum Gasteiger partial charge on any atom is 0.142 e. The number of fused-ring (bicyclic) bond motifs is 1. The van der Waals surface area contributed by atoms with Gasteiger partial charge >= 0.3 is 0 Å². The Labute approximate surface area is 150 Å². The Morgan fingerprint density at radius 2 is 2.04 bits per heavy atom. The highest BCUT2D eigenvalue weighted by atomic mass is 15.3. The molecule has 5 heteroatoms. The van der Waals surface area contributed by atoms with Gasteiger partial charge in [0.1, 0.15) is 17.8 Å². The van der Waals surface area contributed by atoms with Crippen LogP contribution in [-0.2, 0) is 0 Å². The minimum absolute atomic E-state index is 0.519. The highest BCUT2D eigenvalue weighted by Gasteiger charge is 2.31. The molecule has 0 spiro atoms. The lowest BCUT2D eigenvalue weighted by Gasteiger charge is -2.43. The molecular weight excluding hydrogens is 310 g/mol. The van der Waals surface area contributed by atoms with Crippen LogP contribution < -0.4 is 4.90 Å². The summed E-state index contributed by atoms with van der Waals surface area (Å²) in [4.78, 5) is 17.3. The van der Waals surface area contributed by atoms with Gasteiger partial charge in [-0.05, 0) is 43.7 Å². The van der Waals surface area contributed by atoms with Crippen LogP contribution in [0.25, 0.3) is 11.0 Å². The number of likely N-dealkylation sites (N-methyl/N-ethyl adjacent to an activating group) is 1. The van der Waals surface area contributed by atoms with E-state index in [0.29, 0.717) is 12.0 Å². The van der Waals surface area contributed by atoms with Crippen molar-refractivity contribution in [3.63, 3.8) is 0 Å².